The van der Waals surface area contributed by atoms with Crippen LogP contribution in [0.15, 0.2) is 63.8 Å². The van der Waals surface area contributed by atoms with Crippen LogP contribution >= 0.6 is 0 Å². The highest BCUT2D eigenvalue weighted by molar-refractivity contribution is 6.09. The van der Waals surface area contributed by atoms with E-state index in [2.05, 4.69) is 10.2 Å². The molecule has 14 nitrogen and oxygen atoms in total. The number of hydroxylamine groups is 2. The molecule has 0 saturated carbocycles. The molecule has 1 saturated heterocycles. The van der Waals surface area contributed by atoms with Crippen LogP contribution in [0.25, 0.3) is 33.4 Å². The Morgan fingerprint density at radius 3 is 2.39 bits per heavy atom. The lowest BCUT2D eigenvalue weighted by Crippen LogP contribution is -2.32. The van der Waals surface area contributed by atoms with E-state index in [1.165, 1.54) is 48.5 Å². The van der Waals surface area contributed by atoms with E-state index >= 15 is 0 Å². The zero-order valence-electron chi connectivity index (χ0n) is 22.9. The molecule has 2 aromatic rings. The molecule has 3 N–H and O–H groups in total. The van der Waals surface area contributed by atoms with Crippen LogP contribution in [0.2, 0.25) is 0 Å². The van der Waals surface area contributed by atoms with Crippen molar-refractivity contribution in [2.24, 2.45) is 0 Å². The van der Waals surface area contributed by atoms with Gasteiger partial charge in [0.05, 0.1) is 18.8 Å². The molecule has 3 amide bonds. The average molecular weight is 605 g/mol. The maximum absolute atomic E-state index is 12.8. The van der Waals surface area contributed by atoms with Crippen LogP contribution in [0.5, 0.6) is 5.75 Å². The largest absolute Gasteiger partial charge is 0.534 e. The number of imide groups is 1. The highest BCUT2D eigenvalue weighted by atomic mass is 16.8. The molecular formula is C30H24N2O12. The molecule has 0 aromatic heterocycles. The molecule has 44 heavy (non-hydrogen) atoms. The molecule has 1 fully saturated rings. The number of fused-ring (bicyclic) bond motifs is 2. The summed E-state index contributed by atoms with van der Waals surface area (Å²) in [5.74, 6) is -3.02. The number of hydrogen-bond donors (Lipinski definition) is 3. The van der Waals surface area contributed by atoms with Gasteiger partial charge in [-0.2, -0.15) is 0 Å². The standard InChI is InChI=1S/C30H24N2O12/c33-17-2-5-20-23(14-17)43-24-15-18(34)3-6-21(24)27(20)19-4-1-16(13-22(19)29(38)39)28(37)31-9-10-41-11-12-42-30(40)44-32-25(35)7-8-26(32)36/h1-6,13-15,33H,7-12H2,(H,31,37)(H,38,39). The molecule has 2 aromatic carbocycles. The summed E-state index contributed by atoms with van der Waals surface area (Å²) in [5, 5.41) is 23.5. The van der Waals surface area contributed by atoms with Crippen molar-refractivity contribution in [3.8, 4) is 28.2 Å². The Balaban J connectivity index is 1.22. The van der Waals surface area contributed by atoms with Crippen molar-refractivity contribution in [1.82, 2.24) is 10.4 Å². The van der Waals surface area contributed by atoms with Crippen LogP contribution in [-0.4, -0.2) is 71.5 Å². The molecule has 0 bridgehead atoms. The normalized spacial score (nSPS) is 13.0. The number of phenolic OH excluding ortho intramolecular Hbond substituents is 1. The fourth-order valence-electron chi connectivity index (χ4n) is 4.61. The number of nitrogens with zero attached hydrogens (tertiary/aromatic N) is 1. The number of nitrogens with one attached hydrogen (secondary N) is 1. The second-order valence-electron chi connectivity index (χ2n) is 9.52. The van der Waals surface area contributed by atoms with Crippen molar-refractivity contribution in [1.29, 1.82) is 0 Å². The van der Waals surface area contributed by atoms with Crippen LogP contribution in [0.4, 0.5) is 4.79 Å². The van der Waals surface area contributed by atoms with Crippen molar-refractivity contribution in [2.45, 2.75) is 12.8 Å². The Kier molecular flexibility index (Phi) is 8.53. The molecule has 3 aliphatic rings. The third kappa shape index (κ3) is 6.34. The van der Waals surface area contributed by atoms with E-state index in [1.54, 1.807) is 6.07 Å². The van der Waals surface area contributed by atoms with E-state index in [4.69, 9.17) is 13.9 Å². The minimum atomic E-state index is -1.30. The minimum Gasteiger partial charge on any atom is -0.508 e. The van der Waals surface area contributed by atoms with Crippen molar-refractivity contribution >= 4 is 40.8 Å². The molecule has 226 valence electrons. The molecule has 5 rings (SSSR count). The van der Waals surface area contributed by atoms with E-state index in [0.717, 1.165) is 0 Å². The minimum absolute atomic E-state index is 0.0250. The van der Waals surface area contributed by atoms with Crippen molar-refractivity contribution < 1.29 is 52.9 Å². The van der Waals surface area contributed by atoms with Gasteiger partial charge in [-0.3, -0.25) is 24.0 Å². The van der Waals surface area contributed by atoms with Crippen LogP contribution in [0.3, 0.4) is 0 Å². The third-order valence-corrected chi connectivity index (χ3v) is 6.61. The number of ether oxygens (including phenoxy) is 2. The SMILES string of the molecule is O=C(OCCOCCNC(=O)c1ccc(-c2c3ccc(=O)cc-3oc3cc(O)ccc23)c(C(=O)O)c1)ON1C(=O)CCC1=O. The van der Waals surface area contributed by atoms with E-state index < -0.39 is 29.8 Å². The number of carbonyl (C=O) groups is 5. The van der Waals surface area contributed by atoms with Crippen LogP contribution in [0.1, 0.15) is 33.6 Å². The fourth-order valence-corrected chi connectivity index (χ4v) is 4.61. The second kappa shape index (κ2) is 12.6. The van der Waals surface area contributed by atoms with Gasteiger partial charge in [0.15, 0.2) is 5.43 Å². The summed E-state index contributed by atoms with van der Waals surface area (Å²) < 4.78 is 15.8. The lowest BCUT2D eigenvalue weighted by Gasteiger charge is -2.17. The summed E-state index contributed by atoms with van der Waals surface area (Å²) in [6.07, 6.45) is -1.32. The van der Waals surface area contributed by atoms with E-state index in [-0.39, 0.29) is 78.4 Å². The molecule has 0 radical (unpaired) electrons. The lowest BCUT2D eigenvalue weighted by molar-refractivity contribution is -0.177. The number of phenols is 1. The Bertz CT molecular complexity index is 1810. The van der Waals surface area contributed by atoms with Gasteiger partial charge in [-0.15, -0.1) is 0 Å². The number of carboxylic acids is 1. The van der Waals surface area contributed by atoms with Gasteiger partial charge in [-0.25, -0.2) is 9.59 Å². The van der Waals surface area contributed by atoms with Gasteiger partial charge in [0.2, 0.25) is 0 Å². The van der Waals surface area contributed by atoms with Crippen molar-refractivity contribution in [2.75, 3.05) is 26.4 Å². The molecular weight excluding hydrogens is 580 g/mol. The Morgan fingerprint density at radius 2 is 1.64 bits per heavy atom. The van der Waals surface area contributed by atoms with Gasteiger partial charge < -0.3 is 29.4 Å². The highest BCUT2D eigenvalue weighted by Gasteiger charge is 2.33. The molecule has 0 spiro atoms. The van der Waals surface area contributed by atoms with E-state index in [1.807, 2.05) is 0 Å². The van der Waals surface area contributed by atoms with Crippen LogP contribution in [0, 0.1) is 0 Å². The van der Waals surface area contributed by atoms with Crippen LogP contribution < -0.4 is 10.7 Å². The topological polar surface area (TPSA) is 199 Å². The van der Waals surface area contributed by atoms with Gasteiger partial charge >= 0.3 is 12.1 Å². The van der Waals surface area contributed by atoms with Crippen LogP contribution in [-0.2, 0) is 23.9 Å². The predicted octanol–water partition coefficient (Wildman–Crippen LogP) is 2.93. The van der Waals surface area contributed by atoms with Gasteiger partial charge in [0.25, 0.3) is 17.7 Å². The van der Waals surface area contributed by atoms with E-state index in [0.29, 0.717) is 21.6 Å². The number of aromatic hydroxyl groups is 1. The maximum Gasteiger partial charge on any atom is 0.534 e. The summed E-state index contributed by atoms with van der Waals surface area (Å²) in [4.78, 5) is 76.1. The number of hydrogen-bond acceptors (Lipinski definition) is 11. The molecule has 0 unspecified atom stereocenters. The number of carboxylic acid groups (broad SMARTS) is 1. The summed E-state index contributed by atoms with van der Waals surface area (Å²) >= 11 is 0. The lowest BCUT2D eigenvalue weighted by atomic mass is 9.90. The molecule has 14 heteroatoms. The van der Waals surface area contributed by atoms with Crippen molar-refractivity contribution in [3.05, 3.63) is 75.9 Å². The number of carbonyl (C=O) groups excluding carboxylic acids is 4. The second-order valence-corrected chi connectivity index (χ2v) is 9.52. The summed E-state index contributed by atoms with van der Waals surface area (Å²) in [6.45, 7) is -0.238. The molecule has 0 atom stereocenters. The summed E-state index contributed by atoms with van der Waals surface area (Å²) in [6, 6.07) is 12.7. The predicted molar refractivity (Wildman–Crippen MR) is 150 cm³/mol. The Hall–Kier alpha value is -5.76. The number of amides is 3. The van der Waals surface area contributed by atoms with Gasteiger partial charge in [-0.05, 0) is 42.0 Å². The highest BCUT2D eigenvalue weighted by Crippen LogP contribution is 2.42. The molecule has 2 aliphatic heterocycles. The number of aromatic carboxylic acids is 1. The smallest absolute Gasteiger partial charge is 0.508 e. The Labute approximate surface area is 247 Å². The first-order valence-corrected chi connectivity index (χ1v) is 13.3. The first kappa shape index (κ1) is 29.7. The zero-order chi connectivity index (χ0) is 31.4. The summed E-state index contributed by atoms with van der Waals surface area (Å²) in [7, 11) is 0. The van der Waals surface area contributed by atoms with Gasteiger partial charge in [0, 0.05) is 53.6 Å². The quantitative estimate of drug-likeness (QED) is 0.104. The first-order valence-electron chi connectivity index (χ1n) is 13.3. The van der Waals surface area contributed by atoms with Crippen molar-refractivity contribution in [3.63, 3.8) is 0 Å². The third-order valence-electron chi connectivity index (χ3n) is 6.61. The monoisotopic (exact) mass is 604 g/mol. The summed E-state index contributed by atoms with van der Waals surface area (Å²) in [5.41, 5.74) is 0.989. The maximum atomic E-state index is 12.8. The zero-order valence-corrected chi connectivity index (χ0v) is 22.9. The fraction of sp³-hybridized carbons (Fsp3) is 0.200. The van der Waals surface area contributed by atoms with E-state index in [9.17, 15) is 39.0 Å². The van der Waals surface area contributed by atoms with Gasteiger partial charge in [-0.1, -0.05) is 11.1 Å². The molecule has 2 heterocycles. The average Bonchev–Trinajstić information content (AvgIpc) is 3.30. The van der Waals surface area contributed by atoms with Gasteiger partial charge in [0.1, 0.15) is 23.7 Å². The Morgan fingerprint density at radius 1 is 0.886 bits per heavy atom. The first-order chi connectivity index (χ1) is 21.1. The number of benzene rings is 3. The number of rotatable bonds is 10. The molecule has 1 aliphatic carbocycles.